The fourth-order valence-electron chi connectivity index (χ4n) is 4.22. The predicted molar refractivity (Wildman–Crippen MR) is 113 cm³/mol. The highest BCUT2D eigenvalue weighted by molar-refractivity contribution is 7.16. The Balaban J connectivity index is 1.77. The van der Waals surface area contributed by atoms with Crippen molar-refractivity contribution in [3.63, 3.8) is 0 Å². The largest absolute Gasteiger partial charge is 0.478 e. The molecule has 0 spiro atoms. The number of nitrogens with one attached hydrogen (secondary N) is 1. The molecule has 0 radical (unpaired) electrons. The number of anilines is 2. The molecule has 4 rings (SSSR count). The molecule has 2 aliphatic carbocycles. The first-order valence-corrected chi connectivity index (χ1v) is 11.0. The molecule has 2 aromatic heterocycles. The van der Waals surface area contributed by atoms with Crippen molar-refractivity contribution in [3.05, 3.63) is 34.5 Å². The second-order valence-corrected chi connectivity index (χ2v) is 10.5. The van der Waals surface area contributed by atoms with E-state index < -0.39 is 5.97 Å². The lowest BCUT2D eigenvalue weighted by Crippen LogP contribution is -2.45. The van der Waals surface area contributed by atoms with E-state index in [4.69, 9.17) is 9.72 Å². The first-order valence-electron chi connectivity index (χ1n) is 10.2. The number of nitrogens with zero attached hydrogens (tertiary/aromatic N) is 2. The number of H-pyrrole nitrogens is 1. The molecular weight excluding hydrogens is 386 g/mol. The van der Waals surface area contributed by atoms with Crippen molar-refractivity contribution in [2.75, 3.05) is 18.6 Å². The van der Waals surface area contributed by atoms with Gasteiger partial charge in [0.15, 0.2) is 0 Å². The zero-order valence-electron chi connectivity index (χ0n) is 17.8. The number of thiazole rings is 1. The van der Waals surface area contributed by atoms with Crippen LogP contribution >= 0.6 is 11.3 Å². The summed E-state index contributed by atoms with van der Waals surface area (Å²) in [7, 11) is 1.79. The third-order valence-electron chi connectivity index (χ3n) is 6.33. The number of hydrogen-bond acceptors (Lipinski definition) is 5. The first kappa shape index (κ1) is 20.3. The van der Waals surface area contributed by atoms with Gasteiger partial charge in [-0.15, -0.1) is 0 Å². The van der Waals surface area contributed by atoms with Crippen molar-refractivity contribution in [3.8, 4) is 0 Å². The zero-order valence-corrected chi connectivity index (χ0v) is 18.6. The molecule has 0 aromatic carbocycles. The van der Waals surface area contributed by atoms with Gasteiger partial charge in [0.05, 0.1) is 23.9 Å². The maximum atomic E-state index is 11.2. The third-order valence-corrected chi connectivity index (χ3v) is 7.77. The van der Waals surface area contributed by atoms with Gasteiger partial charge in [-0.2, -0.15) is 0 Å². The SMILES string of the molecule is COC1CC(C)(C)c2sc(N(CC3CC3)c3ccc(C(=O)O)c[nH+]3)nc2C1(C)C. The van der Waals surface area contributed by atoms with E-state index in [0.29, 0.717) is 5.92 Å². The topological polar surface area (TPSA) is 76.8 Å². The molecule has 2 aliphatic rings. The van der Waals surface area contributed by atoms with Gasteiger partial charge < -0.3 is 9.84 Å². The van der Waals surface area contributed by atoms with Gasteiger partial charge in [0.1, 0.15) is 6.20 Å². The fourth-order valence-corrected chi connectivity index (χ4v) is 5.58. The summed E-state index contributed by atoms with van der Waals surface area (Å²) in [4.78, 5) is 23.1. The second kappa shape index (κ2) is 7.06. The van der Waals surface area contributed by atoms with Crippen LogP contribution in [0.3, 0.4) is 0 Å². The first-order chi connectivity index (χ1) is 13.6. The molecule has 156 valence electrons. The van der Waals surface area contributed by atoms with E-state index in [9.17, 15) is 9.90 Å². The Kier molecular flexibility index (Phi) is 4.94. The molecular formula is C22H30N3O3S+. The summed E-state index contributed by atoms with van der Waals surface area (Å²) < 4.78 is 5.85. The van der Waals surface area contributed by atoms with Crippen LogP contribution in [0.4, 0.5) is 10.9 Å². The fraction of sp³-hybridized carbons (Fsp3) is 0.591. The second-order valence-electron chi connectivity index (χ2n) is 9.53. The Morgan fingerprint density at radius 3 is 2.62 bits per heavy atom. The summed E-state index contributed by atoms with van der Waals surface area (Å²) >= 11 is 1.76. The lowest BCUT2D eigenvalue weighted by Gasteiger charge is -2.43. The van der Waals surface area contributed by atoms with Crippen LogP contribution in [-0.4, -0.2) is 35.8 Å². The standard InChI is InChI=1S/C22H29N3O3S/c1-21(2)10-15(28-5)22(3,4)17-18(21)29-20(24-17)25(12-13-6-7-13)16-9-8-14(11-23-16)19(26)27/h8-9,11,13,15H,6-7,10,12H2,1-5H3,(H,26,27)/p+1. The van der Waals surface area contributed by atoms with Crippen LogP contribution in [0.2, 0.25) is 0 Å². The summed E-state index contributed by atoms with van der Waals surface area (Å²) in [6.45, 7) is 9.88. The van der Waals surface area contributed by atoms with E-state index >= 15 is 0 Å². The van der Waals surface area contributed by atoms with Gasteiger partial charge in [0.2, 0.25) is 0 Å². The molecule has 1 unspecified atom stereocenters. The lowest BCUT2D eigenvalue weighted by atomic mass is 9.67. The number of fused-ring (bicyclic) bond motifs is 1. The Morgan fingerprint density at radius 2 is 2.07 bits per heavy atom. The molecule has 0 bridgehead atoms. The number of hydrogen-bond donors (Lipinski definition) is 1. The number of aromatic amines is 1. The number of rotatable bonds is 6. The van der Waals surface area contributed by atoms with Gasteiger partial charge in [0, 0.05) is 28.9 Å². The minimum absolute atomic E-state index is 0.00355. The number of aromatic carboxylic acids is 1. The summed E-state index contributed by atoms with van der Waals surface area (Å²) in [6.07, 6.45) is 5.11. The van der Waals surface area contributed by atoms with Crippen molar-refractivity contribution in [2.45, 2.75) is 63.9 Å². The van der Waals surface area contributed by atoms with E-state index in [0.717, 1.165) is 29.6 Å². The molecule has 29 heavy (non-hydrogen) atoms. The molecule has 1 saturated carbocycles. The maximum Gasteiger partial charge on any atom is 0.339 e. The van der Waals surface area contributed by atoms with Gasteiger partial charge in [-0.1, -0.05) is 39.0 Å². The van der Waals surface area contributed by atoms with Crippen LogP contribution < -0.4 is 9.88 Å². The molecule has 2 aromatic rings. The van der Waals surface area contributed by atoms with E-state index in [1.807, 2.05) is 6.07 Å². The van der Waals surface area contributed by atoms with Gasteiger partial charge in [0.25, 0.3) is 10.9 Å². The molecule has 1 atom stereocenters. The van der Waals surface area contributed by atoms with Crippen LogP contribution in [0.1, 0.15) is 67.9 Å². The Hall–Kier alpha value is -1.99. The van der Waals surface area contributed by atoms with Crippen LogP contribution in [-0.2, 0) is 15.6 Å². The van der Waals surface area contributed by atoms with E-state index in [1.54, 1.807) is 30.7 Å². The molecule has 0 amide bonds. The molecule has 0 aliphatic heterocycles. The van der Waals surface area contributed by atoms with Gasteiger partial charge in [-0.25, -0.2) is 19.7 Å². The minimum atomic E-state index is -0.930. The van der Waals surface area contributed by atoms with E-state index in [2.05, 4.69) is 37.6 Å². The highest BCUT2D eigenvalue weighted by Gasteiger charge is 2.48. The van der Waals surface area contributed by atoms with Crippen molar-refractivity contribution in [1.29, 1.82) is 0 Å². The monoisotopic (exact) mass is 416 g/mol. The van der Waals surface area contributed by atoms with Crippen LogP contribution in [0.25, 0.3) is 0 Å². The van der Waals surface area contributed by atoms with E-state index in [-0.39, 0.29) is 22.5 Å². The van der Waals surface area contributed by atoms with Crippen LogP contribution in [0.15, 0.2) is 18.3 Å². The molecule has 7 heteroatoms. The Morgan fingerprint density at radius 1 is 1.34 bits per heavy atom. The van der Waals surface area contributed by atoms with Gasteiger partial charge in [-0.05, 0) is 31.2 Å². The van der Waals surface area contributed by atoms with Crippen LogP contribution in [0.5, 0.6) is 0 Å². The number of ether oxygens (including phenoxy) is 1. The normalized spacial score (nSPS) is 22.2. The summed E-state index contributed by atoms with van der Waals surface area (Å²) in [5, 5.41) is 10.2. The Labute approximate surface area is 175 Å². The average Bonchev–Trinajstić information content (AvgIpc) is 3.37. The molecule has 2 heterocycles. The number of pyridine rings is 1. The van der Waals surface area contributed by atoms with E-state index in [1.165, 1.54) is 17.7 Å². The smallest absolute Gasteiger partial charge is 0.339 e. The molecule has 2 N–H and O–H groups in total. The number of carbonyl (C=O) groups is 1. The molecule has 0 saturated heterocycles. The maximum absolute atomic E-state index is 11.2. The van der Waals surface area contributed by atoms with Gasteiger partial charge >= 0.3 is 5.97 Å². The van der Waals surface area contributed by atoms with Crippen LogP contribution in [0, 0.1) is 5.92 Å². The highest BCUT2D eigenvalue weighted by Crippen LogP contribution is 2.51. The lowest BCUT2D eigenvalue weighted by molar-refractivity contribution is -0.363. The quantitative estimate of drug-likeness (QED) is 0.764. The van der Waals surface area contributed by atoms with Crippen molar-refractivity contribution in [2.24, 2.45) is 5.92 Å². The zero-order chi connectivity index (χ0) is 21.0. The number of aromatic nitrogens is 2. The number of methoxy groups -OCH3 is 1. The van der Waals surface area contributed by atoms with Crippen molar-refractivity contribution < 1.29 is 19.6 Å². The van der Waals surface area contributed by atoms with Crippen molar-refractivity contribution in [1.82, 2.24) is 4.98 Å². The van der Waals surface area contributed by atoms with Gasteiger partial charge in [-0.3, -0.25) is 0 Å². The average molecular weight is 417 g/mol. The predicted octanol–water partition coefficient (Wildman–Crippen LogP) is 4.18. The summed E-state index contributed by atoms with van der Waals surface area (Å²) in [5.74, 6) is 0.614. The highest BCUT2D eigenvalue weighted by atomic mass is 32.1. The molecule has 1 fully saturated rings. The summed E-state index contributed by atoms with van der Waals surface area (Å²) in [6, 6.07) is 3.50. The summed E-state index contributed by atoms with van der Waals surface area (Å²) in [5.41, 5.74) is 1.23. The minimum Gasteiger partial charge on any atom is -0.478 e. The third kappa shape index (κ3) is 3.66. The number of carboxylic acids is 1. The number of carboxylic acid groups (broad SMARTS) is 1. The Bertz CT molecular complexity index is 916. The molecule has 6 nitrogen and oxygen atoms in total. The van der Waals surface area contributed by atoms with Crippen molar-refractivity contribution >= 4 is 28.3 Å².